The number of benzene rings is 1. The number of hydrogen-bond acceptors (Lipinski definition) is 3. The molecule has 0 bridgehead atoms. The van der Waals surface area contributed by atoms with Crippen molar-refractivity contribution in [3.8, 4) is 0 Å². The summed E-state index contributed by atoms with van der Waals surface area (Å²) in [4.78, 5) is 12.5. The van der Waals surface area contributed by atoms with Crippen molar-refractivity contribution < 1.29 is 4.79 Å². The lowest BCUT2D eigenvalue weighted by Crippen LogP contribution is -2.17. The first-order chi connectivity index (χ1) is 8.65. The van der Waals surface area contributed by atoms with E-state index < -0.39 is 0 Å². The minimum absolute atomic E-state index is 0.287. The third-order valence-electron chi connectivity index (χ3n) is 2.06. The number of nitrogens with zero attached hydrogens (tertiary/aromatic N) is 1. The molecule has 0 aliphatic heterocycles. The van der Waals surface area contributed by atoms with Gasteiger partial charge in [0.1, 0.15) is 0 Å². The lowest BCUT2D eigenvalue weighted by molar-refractivity contribution is 0.0955. The van der Waals surface area contributed by atoms with E-state index in [1.807, 2.05) is 6.07 Å². The Labute approximate surface area is 118 Å². The van der Waals surface area contributed by atoms with E-state index in [9.17, 15) is 4.79 Å². The van der Waals surface area contributed by atoms with Crippen LogP contribution < -0.4 is 5.43 Å². The van der Waals surface area contributed by atoms with Gasteiger partial charge in [-0.25, -0.2) is 5.43 Å². The monoisotopic (exact) mass is 298 g/mol. The van der Waals surface area contributed by atoms with Crippen molar-refractivity contribution in [2.75, 3.05) is 0 Å². The second-order valence-electron chi connectivity index (χ2n) is 3.35. The highest BCUT2D eigenvalue weighted by Gasteiger charge is 2.03. The normalized spacial score (nSPS) is 10.8. The lowest BCUT2D eigenvalue weighted by atomic mass is 10.2. The molecule has 0 saturated heterocycles. The van der Waals surface area contributed by atoms with Crippen molar-refractivity contribution in [3.63, 3.8) is 0 Å². The minimum Gasteiger partial charge on any atom is -0.267 e. The number of hydrazone groups is 1. The van der Waals surface area contributed by atoms with Gasteiger partial charge in [-0.3, -0.25) is 4.79 Å². The number of amides is 1. The van der Waals surface area contributed by atoms with Crippen LogP contribution in [0, 0.1) is 0 Å². The summed E-state index contributed by atoms with van der Waals surface area (Å²) < 4.78 is 0.681. The molecule has 0 radical (unpaired) electrons. The number of hydrogen-bond donors (Lipinski definition) is 1. The van der Waals surface area contributed by atoms with Gasteiger partial charge in [0.15, 0.2) is 0 Å². The molecule has 0 spiro atoms. The van der Waals surface area contributed by atoms with Crippen molar-refractivity contribution in [1.82, 2.24) is 5.43 Å². The summed E-state index contributed by atoms with van der Waals surface area (Å²) in [7, 11) is 0. The minimum atomic E-state index is -0.287. The summed E-state index contributed by atoms with van der Waals surface area (Å²) in [6.45, 7) is 0. The Hall–Kier alpha value is -1.36. The molecule has 2 rings (SSSR count). The molecule has 1 aromatic heterocycles. The molecule has 18 heavy (non-hydrogen) atoms. The van der Waals surface area contributed by atoms with E-state index in [0.717, 1.165) is 4.88 Å². The van der Waals surface area contributed by atoms with E-state index >= 15 is 0 Å². The van der Waals surface area contributed by atoms with Crippen LogP contribution in [0.15, 0.2) is 41.5 Å². The molecule has 3 nitrogen and oxygen atoms in total. The standard InChI is InChI=1S/C12H8Cl2N2OS/c13-9-3-1-8(2-4-9)12(17)16-15-7-10-5-6-11(14)18-10/h1-7H,(H,16,17)/b15-7-. The quantitative estimate of drug-likeness (QED) is 0.679. The van der Waals surface area contributed by atoms with Gasteiger partial charge in [-0.1, -0.05) is 23.2 Å². The van der Waals surface area contributed by atoms with Gasteiger partial charge >= 0.3 is 0 Å². The molecule has 0 saturated carbocycles. The van der Waals surface area contributed by atoms with Crippen LogP contribution in [0.4, 0.5) is 0 Å². The first-order valence-corrected chi connectivity index (χ1v) is 6.57. The number of rotatable bonds is 3. The van der Waals surface area contributed by atoms with Gasteiger partial charge in [0.05, 0.1) is 10.6 Å². The van der Waals surface area contributed by atoms with E-state index in [2.05, 4.69) is 10.5 Å². The SMILES string of the molecule is O=C(N/N=C\c1ccc(Cl)s1)c1ccc(Cl)cc1. The van der Waals surface area contributed by atoms with Gasteiger partial charge in [-0.15, -0.1) is 11.3 Å². The predicted octanol–water partition coefficient (Wildman–Crippen LogP) is 3.82. The van der Waals surface area contributed by atoms with Crippen molar-refractivity contribution in [2.24, 2.45) is 5.10 Å². The van der Waals surface area contributed by atoms with Crippen LogP contribution in [-0.4, -0.2) is 12.1 Å². The van der Waals surface area contributed by atoms with Crippen molar-refractivity contribution in [1.29, 1.82) is 0 Å². The van der Waals surface area contributed by atoms with Gasteiger partial charge in [0.2, 0.25) is 0 Å². The largest absolute Gasteiger partial charge is 0.271 e. The summed E-state index contributed by atoms with van der Waals surface area (Å²) in [5, 5.41) is 4.43. The molecule has 0 aliphatic carbocycles. The third-order valence-corrected chi connectivity index (χ3v) is 3.48. The number of halogens is 2. The zero-order valence-electron chi connectivity index (χ0n) is 9.06. The van der Waals surface area contributed by atoms with Gasteiger partial charge in [-0.05, 0) is 36.4 Å². The van der Waals surface area contributed by atoms with Gasteiger partial charge in [0.25, 0.3) is 5.91 Å². The summed E-state index contributed by atoms with van der Waals surface area (Å²) >= 11 is 12.9. The maximum atomic E-state index is 11.7. The molecule has 92 valence electrons. The molecule has 0 atom stereocenters. The van der Waals surface area contributed by atoms with Crippen LogP contribution >= 0.6 is 34.5 Å². The predicted molar refractivity (Wildman–Crippen MR) is 75.8 cm³/mol. The van der Waals surface area contributed by atoms with Crippen LogP contribution in [-0.2, 0) is 0 Å². The molecular weight excluding hydrogens is 291 g/mol. The summed E-state index contributed by atoms with van der Waals surface area (Å²) in [5.74, 6) is -0.287. The maximum Gasteiger partial charge on any atom is 0.271 e. The molecule has 1 N–H and O–H groups in total. The van der Waals surface area contributed by atoms with E-state index in [1.54, 1.807) is 36.5 Å². The van der Waals surface area contributed by atoms with Crippen LogP contribution in [0.5, 0.6) is 0 Å². The highest BCUT2D eigenvalue weighted by atomic mass is 35.5. The molecule has 1 amide bonds. The molecular formula is C12H8Cl2N2OS. The molecule has 0 unspecified atom stereocenters. The van der Waals surface area contributed by atoms with Crippen molar-refractivity contribution in [2.45, 2.75) is 0 Å². The number of carbonyl (C=O) groups excluding carboxylic acids is 1. The van der Waals surface area contributed by atoms with Crippen LogP contribution in [0.25, 0.3) is 0 Å². The zero-order valence-corrected chi connectivity index (χ0v) is 11.4. The molecule has 1 aromatic carbocycles. The first-order valence-electron chi connectivity index (χ1n) is 4.99. The second-order valence-corrected chi connectivity index (χ2v) is 5.53. The molecule has 2 aromatic rings. The van der Waals surface area contributed by atoms with Gasteiger partial charge < -0.3 is 0 Å². The van der Waals surface area contributed by atoms with Crippen LogP contribution in [0.2, 0.25) is 9.36 Å². The maximum absolute atomic E-state index is 11.7. The fourth-order valence-electron chi connectivity index (χ4n) is 1.22. The fourth-order valence-corrected chi connectivity index (χ4v) is 2.28. The lowest BCUT2D eigenvalue weighted by Gasteiger charge is -1.98. The Morgan fingerprint density at radius 1 is 1.17 bits per heavy atom. The summed E-state index contributed by atoms with van der Waals surface area (Å²) in [6.07, 6.45) is 1.55. The smallest absolute Gasteiger partial charge is 0.267 e. The van der Waals surface area contributed by atoms with Crippen LogP contribution in [0.1, 0.15) is 15.2 Å². The molecule has 6 heteroatoms. The summed E-state index contributed by atoms with van der Waals surface area (Å²) in [6, 6.07) is 10.2. The molecule has 1 heterocycles. The van der Waals surface area contributed by atoms with Crippen molar-refractivity contribution in [3.05, 3.63) is 56.2 Å². The van der Waals surface area contributed by atoms with E-state index in [4.69, 9.17) is 23.2 Å². The van der Waals surface area contributed by atoms with E-state index in [1.165, 1.54) is 11.3 Å². The second kappa shape index (κ2) is 6.00. The molecule has 0 aliphatic rings. The molecule has 0 fully saturated rings. The first kappa shape index (κ1) is 13.1. The highest BCUT2D eigenvalue weighted by molar-refractivity contribution is 7.17. The van der Waals surface area contributed by atoms with Gasteiger partial charge in [0, 0.05) is 15.5 Å². The van der Waals surface area contributed by atoms with E-state index in [0.29, 0.717) is 14.9 Å². The number of thiophene rings is 1. The number of nitrogens with one attached hydrogen (secondary N) is 1. The fraction of sp³-hybridized carbons (Fsp3) is 0. The Balaban J connectivity index is 1.96. The summed E-state index contributed by atoms with van der Waals surface area (Å²) in [5.41, 5.74) is 2.93. The Kier molecular flexibility index (Phi) is 4.36. The Morgan fingerprint density at radius 2 is 1.89 bits per heavy atom. The van der Waals surface area contributed by atoms with Gasteiger partial charge in [-0.2, -0.15) is 5.10 Å². The van der Waals surface area contributed by atoms with Crippen LogP contribution in [0.3, 0.4) is 0 Å². The average Bonchev–Trinajstić information content (AvgIpc) is 2.76. The Morgan fingerprint density at radius 3 is 2.50 bits per heavy atom. The Bertz CT molecular complexity index is 578. The average molecular weight is 299 g/mol. The topological polar surface area (TPSA) is 41.5 Å². The van der Waals surface area contributed by atoms with E-state index in [-0.39, 0.29) is 5.91 Å². The number of carbonyl (C=O) groups is 1. The zero-order chi connectivity index (χ0) is 13.0. The third kappa shape index (κ3) is 3.57. The van der Waals surface area contributed by atoms with Crippen molar-refractivity contribution >= 4 is 46.7 Å². The highest BCUT2D eigenvalue weighted by Crippen LogP contribution is 2.19.